The minimum Gasteiger partial charge on any atom is -0.377 e. The third-order valence-electron chi connectivity index (χ3n) is 4.46. The number of rotatable bonds is 6. The second-order valence-electron chi connectivity index (χ2n) is 6.29. The van der Waals surface area contributed by atoms with Gasteiger partial charge in [-0.2, -0.15) is 0 Å². The van der Waals surface area contributed by atoms with Crippen LogP contribution >= 0.6 is 0 Å². The molecule has 2 atom stereocenters. The molecular weight excluding hydrogens is 260 g/mol. The zero-order valence-electron chi connectivity index (χ0n) is 13.7. The lowest BCUT2D eigenvalue weighted by atomic mass is 9.97. The minimum atomic E-state index is 0.314. The Hall–Kier alpha value is -0.900. The Morgan fingerprint density at radius 1 is 1.24 bits per heavy atom. The van der Waals surface area contributed by atoms with Crippen LogP contribution in [0.1, 0.15) is 56.7 Å². The summed E-state index contributed by atoms with van der Waals surface area (Å²) >= 11 is 0. The zero-order chi connectivity index (χ0) is 15.2. The number of nitrogens with zero attached hydrogens (tertiary/aromatic N) is 1. The van der Waals surface area contributed by atoms with E-state index in [0.717, 1.165) is 19.7 Å². The van der Waals surface area contributed by atoms with Crippen molar-refractivity contribution in [2.75, 3.05) is 26.2 Å². The smallest absolute Gasteiger partial charge is 0.0702 e. The highest BCUT2D eigenvalue weighted by Gasteiger charge is 2.26. The molecule has 0 saturated carbocycles. The van der Waals surface area contributed by atoms with Crippen LogP contribution in [-0.4, -0.2) is 37.2 Å². The molecule has 21 heavy (non-hydrogen) atoms. The van der Waals surface area contributed by atoms with Crippen molar-refractivity contribution in [3.63, 3.8) is 0 Å². The molecule has 1 aliphatic rings. The fourth-order valence-electron chi connectivity index (χ4n) is 3.22. The van der Waals surface area contributed by atoms with E-state index in [9.17, 15) is 0 Å². The molecule has 3 nitrogen and oxygen atoms in total. The summed E-state index contributed by atoms with van der Waals surface area (Å²) in [5.41, 5.74) is 8.79. The van der Waals surface area contributed by atoms with Crippen molar-refractivity contribution >= 4 is 0 Å². The van der Waals surface area contributed by atoms with Crippen LogP contribution < -0.4 is 5.73 Å². The van der Waals surface area contributed by atoms with Crippen LogP contribution in [0.5, 0.6) is 0 Å². The van der Waals surface area contributed by atoms with Crippen LogP contribution in [0.3, 0.4) is 0 Å². The number of nitrogens with two attached hydrogens (primary N) is 1. The first-order valence-corrected chi connectivity index (χ1v) is 8.31. The molecule has 3 heteroatoms. The second-order valence-corrected chi connectivity index (χ2v) is 6.29. The quantitative estimate of drug-likeness (QED) is 0.873. The van der Waals surface area contributed by atoms with Crippen LogP contribution in [0.25, 0.3) is 0 Å². The van der Waals surface area contributed by atoms with E-state index in [0.29, 0.717) is 24.6 Å². The van der Waals surface area contributed by atoms with Gasteiger partial charge < -0.3 is 10.5 Å². The van der Waals surface area contributed by atoms with Crippen molar-refractivity contribution in [3.8, 4) is 0 Å². The Balaban J connectivity index is 2.07. The molecule has 2 rings (SSSR count). The number of hydrogen-bond acceptors (Lipinski definition) is 3. The molecule has 0 radical (unpaired) electrons. The SMILES string of the molecule is CCOC1CCCN(C(CN)c2ccc(C(C)C)cc2)C1. The summed E-state index contributed by atoms with van der Waals surface area (Å²) in [4.78, 5) is 2.49. The van der Waals surface area contributed by atoms with E-state index in [1.807, 2.05) is 0 Å². The van der Waals surface area contributed by atoms with E-state index in [4.69, 9.17) is 10.5 Å². The zero-order valence-corrected chi connectivity index (χ0v) is 13.7. The van der Waals surface area contributed by atoms with Crippen molar-refractivity contribution in [2.45, 2.75) is 51.7 Å². The predicted octanol–water partition coefficient (Wildman–Crippen LogP) is 3.31. The van der Waals surface area contributed by atoms with Crippen LogP contribution in [0, 0.1) is 0 Å². The lowest BCUT2D eigenvalue weighted by Gasteiger charge is -2.38. The molecule has 0 bridgehead atoms. The van der Waals surface area contributed by atoms with E-state index < -0.39 is 0 Å². The summed E-state index contributed by atoms with van der Waals surface area (Å²) < 4.78 is 5.81. The largest absolute Gasteiger partial charge is 0.377 e. The normalized spacial score (nSPS) is 21.7. The monoisotopic (exact) mass is 290 g/mol. The number of hydrogen-bond donors (Lipinski definition) is 1. The van der Waals surface area contributed by atoms with Gasteiger partial charge in [-0.3, -0.25) is 4.90 Å². The number of benzene rings is 1. The van der Waals surface area contributed by atoms with Crippen LogP contribution in [0.2, 0.25) is 0 Å². The van der Waals surface area contributed by atoms with Crippen LogP contribution in [0.15, 0.2) is 24.3 Å². The van der Waals surface area contributed by atoms with E-state index >= 15 is 0 Å². The Morgan fingerprint density at radius 3 is 2.48 bits per heavy atom. The van der Waals surface area contributed by atoms with Gasteiger partial charge in [0.25, 0.3) is 0 Å². The summed E-state index contributed by atoms with van der Waals surface area (Å²) in [5, 5.41) is 0. The molecule has 0 aromatic heterocycles. The van der Waals surface area contributed by atoms with Gasteiger partial charge in [0.05, 0.1) is 6.10 Å². The highest BCUT2D eigenvalue weighted by molar-refractivity contribution is 5.27. The van der Waals surface area contributed by atoms with E-state index in [1.54, 1.807) is 0 Å². The first-order valence-electron chi connectivity index (χ1n) is 8.31. The Morgan fingerprint density at radius 2 is 1.90 bits per heavy atom. The molecule has 0 aliphatic carbocycles. The number of piperidine rings is 1. The second kappa shape index (κ2) is 7.92. The van der Waals surface area contributed by atoms with Crippen molar-refractivity contribution < 1.29 is 4.74 Å². The van der Waals surface area contributed by atoms with Gasteiger partial charge in [0.15, 0.2) is 0 Å². The average molecular weight is 290 g/mol. The van der Waals surface area contributed by atoms with Crippen LogP contribution in [0.4, 0.5) is 0 Å². The first-order chi connectivity index (χ1) is 10.2. The Kier molecular flexibility index (Phi) is 6.22. The summed E-state index contributed by atoms with van der Waals surface area (Å²) in [6.45, 7) is 10.1. The lowest BCUT2D eigenvalue weighted by molar-refractivity contribution is -0.00659. The van der Waals surface area contributed by atoms with Gasteiger partial charge in [0.1, 0.15) is 0 Å². The number of ether oxygens (including phenoxy) is 1. The third-order valence-corrected chi connectivity index (χ3v) is 4.46. The molecule has 1 heterocycles. The Labute approximate surface area is 129 Å². The van der Waals surface area contributed by atoms with Gasteiger partial charge in [-0.05, 0) is 43.4 Å². The standard InChI is InChI=1S/C18H30N2O/c1-4-21-17-6-5-11-20(13-17)18(12-19)16-9-7-15(8-10-16)14(2)3/h7-10,14,17-18H,4-6,11-13,19H2,1-3H3. The molecule has 0 spiro atoms. The molecule has 0 amide bonds. The molecule has 1 aromatic rings. The van der Waals surface area contributed by atoms with E-state index in [2.05, 4.69) is 49.9 Å². The fraction of sp³-hybridized carbons (Fsp3) is 0.667. The molecule has 2 unspecified atom stereocenters. The maximum atomic E-state index is 6.07. The summed E-state index contributed by atoms with van der Waals surface area (Å²) in [7, 11) is 0. The van der Waals surface area contributed by atoms with E-state index in [1.165, 1.54) is 24.0 Å². The topological polar surface area (TPSA) is 38.5 Å². The van der Waals surface area contributed by atoms with Gasteiger partial charge in [0, 0.05) is 25.7 Å². The van der Waals surface area contributed by atoms with Gasteiger partial charge in [0.2, 0.25) is 0 Å². The fourth-order valence-corrected chi connectivity index (χ4v) is 3.22. The molecular formula is C18H30N2O. The van der Waals surface area contributed by atoms with Gasteiger partial charge in [-0.15, -0.1) is 0 Å². The summed E-state index contributed by atoms with van der Waals surface area (Å²) in [5.74, 6) is 0.577. The minimum absolute atomic E-state index is 0.314. The highest BCUT2D eigenvalue weighted by atomic mass is 16.5. The molecule has 1 aliphatic heterocycles. The average Bonchev–Trinajstić information content (AvgIpc) is 2.49. The lowest BCUT2D eigenvalue weighted by Crippen LogP contribution is -2.44. The summed E-state index contributed by atoms with van der Waals surface area (Å²) in [6, 6.07) is 9.29. The van der Waals surface area contributed by atoms with Gasteiger partial charge >= 0.3 is 0 Å². The maximum Gasteiger partial charge on any atom is 0.0702 e. The van der Waals surface area contributed by atoms with Crippen molar-refractivity contribution in [2.24, 2.45) is 5.73 Å². The van der Waals surface area contributed by atoms with Gasteiger partial charge in [-0.1, -0.05) is 38.1 Å². The van der Waals surface area contributed by atoms with Crippen molar-refractivity contribution in [1.82, 2.24) is 4.90 Å². The molecule has 1 fully saturated rings. The van der Waals surface area contributed by atoms with Crippen molar-refractivity contribution in [3.05, 3.63) is 35.4 Å². The highest BCUT2D eigenvalue weighted by Crippen LogP contribution is 2.26. The molecule has 1 aromatic carbocycles. The molecule has 118 valence electrons. The summed E-state index contributed by atoms with van der Waals surface area (Å²) in [6.07, 6.45) is 2.74. The van der Waals surface area contributed by atoms with Crippen LogP contribution in [-0.2, 0) is 4.74 Å². The third kappa shape index (κ3) is 4.29. The number of likely N-dealkylation sites (tertiary alicyclic amines) is 1. The maximum absolute atomic E-state index is 6.07. The predicted molar refractivity (Wildman–Crippen MR) is 88.5 cm³/mol. The van der Waals surface area contributed by atoms with E-state index in [-0.39, 0.29) is 0 Å². The molecule has 1 saturated heterocycles. The Bertz CT molecular complexity index is 414. The van der Waals surface area contributed by atoms with Crippen molar-refractivity contribution in [1.29, 1.82) is 0 Å². The molecule has 2 N–H and O–H groups in total. The first kappa shape index (κ1) is 16.5. The van der Waals surface area contributed by atoms with Gasteiger partial charge in [-0.25, -0.2) is 0 Å².